The van der Waals surface area contributed by atoms with E-state index in [0.717, 1.165) is 12.2 Å². The Bertz CT molecular complexity index is 479. The molecule has 0 aliphatic heterocycles. The predicted molar refractivity (Wildman–Crippen MR) is 74.9 cm³/mol. The number of nitriles is 1. The third kappa shape index (κ3) is 3.95. The molecule has 1 heterocycles. The maximum Gasteiger partial charge on any atom is 0.272 e. The molecule has 1 unspecified atom stereocenters. The first-order valence-electron chi connectivity index (χ1n) is 6.31. The van der Waals surface area contributed by atoms with Crippen LogP contribution in [0.4, 0.5) is 5.69 Å². The highest BCUT2D eigenvalue weighted by molar-refractivity contribution is 5.92. The maximum atomic E-state index is 11.9. The first kappa shape index (κ1) is 15.0. The molecule has 1 rings (SSSR count). The van der Waals surface area contributed by atoms with E-state index in [1.54, 1.807) is 26.4 Å². The van der Waals surface area contributed by atoms with E-state index in [0.29, 0.717) is 12.2 Å². The van der Waals surface area contributed by atoms with Crippen LogP contribution in [0.3, 0.4) is 0 Å². The van der Waals surface area contributed by atoms with Gasteiger partial charge in [0, 0.05) is 39.1 Å². The number of carbonyl (C=O) groups excluding carboxylic acids is 1. The Morgan fingerprint density at radius 1 is 1.53 bits per heavy atom. The fraction of sp³-hybridized carbons (Fsp3) is 0.500. The Hall–Kier alpha value is -2.09. The van der Waals surface area contributed by atoms with Gasteiger partial charge in [0.05, 0.1) is 12.0 Å². The second-order valence-electron chi connectivity index (χ2n) is 4.67. The Kier molecular flexibility index (Phi) is 5.31. The largest absolute Gasteiger partial charge is 0.370 e. The molecule has 0 spiro atoms. The van der Waals surface area contributed by atoms with Crippen LogP contribution in [0.15, 0.2) is 18.3 Å². The highest BCUT2D eigenvalue weighted by atomic mass is 16.2. The minimum Gasteiger partial charge on any atom is -0.370 e. The Labute approximate surface area is 114 Å². The lowest BCUT2D eigenvalue weighted by Crippen LogP contribution is -2.28. The fourth-order valence-corrected chi connectivity index (χ4v) is 1.75. The van der Waals surface area contributed by atoms with Gasteiger partial charge < -0.3 is 9.80 Å². The van der Waals surface area contributed by atoms with Gasteiger partial charge in [-0.2, -0.15) is 5.26 Å². The van der Waals surface area contributed by atoms with E-state index in [1.807, 2.05) is 19.9 Å². The molecule has 0 radical (unpaired) electrons. The van der Waals surface area contributed by atoms with Crippen LogP contribution in [0, 0.1) is 17.2 Å². The summed E-state index contributed by atoms with van der Waals surface area (Å²) < 4.78 is 0. The topological polar surface area (TPSA) is 60.2 Å². The van der Waals surface area contributed by atoms with Gasteiger partial charge in [0.1, 0.15) is 5.69 Å². The molecule has 1 aromatic heterocycles. The smallest absolute Gasteiger partial charge is 0.272 e. The van der Waals surface area contributed by atoms with Crippen molar-refractivity contribution in [3.63, 3.8) is 0 Å². The molecule has 0 N–H and O–H groups in total. The number of pyridine rings is 1. The molecule has 0 saturated carbocycles. The number of rotatable bonds is 5. The van der Waals surface area contributed by atoms with Crippen LogP contribution in [0.5, 0.6) is 0 Å². The second-order valence-corrected chi connectivity index (χ2v) is 4.67. The monoisotopic (exact) mass is 260 g/mol. The summed E-state index contributed by atoms with van der Waals surface area (Å²) in [6.07, 6.45) is 1.63. The van der Waals surface area contributed by atoms with E-state index in [4.69, 9.17) is 5.26 Å². The SMILES string of the molecule is CCN(CC(C)C#N)c1ccnc(C(=O)N(C)C)c1. The normalized spacial score (nSPS) is 11.5. The molecule has 5 nitrogen and oxygen atoms in total. The zero-order valence-corrected chi connectivity index (χ0v) is 11.9. The third-order valence-electron chi connectivity index (χ3n) is 2.83. The summed E-state index contributed by atoms with van der Waals surface area (Å²) in [6.45, 7) is 5.34. The molecule has 102 valence electrons. The zero-order valence-electron chi connectivity index (χ0n) is 11.9. The number of hydrogen-bond donors (Lipinski definition) is 0. The first-order chi connectivity index (χ1) is 8.99. The highest BCUT2D eigenvalue weighted by Gasteiger charge is 2.13. The molecule has 0 saturated heterocycles. The molecule has 0 aromatic carbocycles. The number of carbonyl (C=O) groups is 1. The molecule has 0 aliphatic carbocycles. The third-order valence-corrected chi connectivity index (χ3v) is 2.83. The second kappa shape index (κ2) is 6.74. The van der Waals surface area contributed by atoms with E-state index in [1.165, 1.54) is 4.90 Å². The minimum atomic E-state index is -0.119. The van der Waals surface area contributed by atoms with E-state index in [9.17, 15) is 4.79 Å². The molecule has 0 aliphatic rings. The Morgan fingerprint density at radius 3 is 2.74 bits per heavy atom. The molecule has 1 amide bonds. The van der Waals surface area contributed by atoms with Crippen molar-refractivity contribution in [2.24, 2.45) is 5.92 Å². The highest BCUT2D eigenvalue weighted by Crippen LogP contribution is 2.16. The number of hydrogen-bond acceptors (Lipinski definition) is 4. The lowest BCUT2D eigenvalue weighted by Gasteiger charge is -2.24. The summed E-state index contributed by atoms with van der Waals surface area (Å²) in [6, 6.07) is 5.86. The van der Waals surface area contributed by atoms with Gasteiger partial charge in [0.2, 0.25) is 0 Å². The summed E-state index contributed by atoms with van der Waals surface area (Å²) in [7, 11) is 3.40. The minimum absolute atomic E-state index is 0.0545. The van der Waals surface area contributed by atoms with Crippen LogP contribution >= 0.6 is 0 Å². The lowest BCUT2D eigenvalue weighted by atomic mass is 10.2. The van der Waals surface area contributed by atoms with Crippen molar-refractivity contribution in [3.8, 4) is 6.07 Å². The molecule has 5 heteroatoms. The van der Waals surface area contributed by atoms with Gasteiger partial charge in [0.25, 0.3) is 5.91 Å². The summed E-state index contributed by atoms with van der Waals surface area (Å²) >= 11 is 0. The Morgan fingerprint density at radius 2 is 2.21 bits per heavy atom. The molecule has 1 atom stereocenters. The zero-order chi connectivity index (χ0) is 14.4. The first-order valence-corrected chi connectivity index (χ1v) is 6.31. The summed E-state index contributed by atoms with van der Waals surface area (Å²) in [5, 5.41) is 8.89. The summed E-state index contributed by atoms with van der Waals surface area (Å²) in [4.78, 5) is 19.5. The van der Waals surface area contributed by atoms with Gasteiger partial charge in [-0.3, -0.25) is 9.78 Å². The van der Waals surface area contributed by atoms with Crippen molar-refractivity contribution in [2.45, 2.75) is 13.8 Å². The summed E-state index contributed by atoms with van der Waals surface area (Å²) in [5.74, 6) is -0.174. The van der Waals surface area contributed by atoms with Gasteiger partial charge in [0.15, 0.2) is 0 Å². The van der Waals surface area contributed by atoms with Crippen LogP contribution < -0.4 is 4.90 Å². The van der Waals surface area contributed by atoms with Crippen LogP contribution in [-0.4, -0.2) is 43.0 Å². The average molecular weight is 260 g/mol. The molecule has 1 aromatic rings. The maximum absolute atomic E-state index is 11.9. The number of aromatic nitrogens is 1. The Balaban J connectivity index is 2.97. The lowest BCUT2D eigenvalue weighted by molar-refractivity contribution is 0.0822. The van der Waals surface area contributed by atoms with Gasteiger partial charge in [-0.15, -0.1) is 0 Å². The van der Waals surface area contributed by atoms with Crippen molar-refractivity contribution in [1.29, 1.82) is 5.26 Å². The van der Waals surface area contributed by atoms with E-state index >= 15 is 0 Å². The van der Waals surface area contributed by atoms with Crippen LogP contribution in [0.25, 0.3) is 0 Å². The van der Waals surface area contributed by atoms with Crippen LogP contribution in [0.2, 0.25) is 0 Å². The fourth-order valence-electron chi connectivity index (χ4n) is 1.75. The number of nitrogens with zero attached hydrogens (tertiary/aromatic N) is 4. The van der Waals surface area contributed by atoms with E-state index < -0.39 is 0 Å². The van der Waals surface area contributed by atoms with Crippen molar-refractivity contribution < 1.29 is 4.79 Å². The van der Waals surface area contributed by atoms with Crippen LogP contribution in [0.1, 0.15) is 24.3 Å². The van der Waals surface area contributed by atoms with Gasteiger partial charge in [-0.1, -0.05) is 0 Å². The molecule has 0 bridgehead atoms. The average Bonchev–Trinajstić information content (AvgIpc) is 2.43. The summed E-state index contributed by atoms with van der Waals surface area (Å²) in [5.41, 5.74) is 1.34. The van der Waals surface area contributed by atoms with Crippen molar-refractivity contribution in [3.05, 3.63) is 24.0 Å². The van der Waals surface area contributed by atoms with Crippen molar-refractivity contribution in [2.75, 3.05) is 32.1 Å². The van der Waals surface area contributed by atoms with Gasteiger partial charge in [-0.05, 0) is 26.0 Å². The van der Waals surface area contributed by atoms with Crippen molar-refractivity contribution in [1.82, 2.24) is 9.88 Å². The quantitative estimate of drug-likeness (QED) is 0.809. The predicted octanol–water partition coefficient (Wildman–Crippen LogP) is 1.77. The molecular weight excluding hydrogens is 240 g/mol. The standard InChI is InChI=1S/C14H20N4O/c1-5-18(10-11(2)9-15)12-6-7-16-13(8-12)14(19)17(3)4/h6-8,11H,5,10H2,1-4H3. The number of anilines is 1. The van der Waals surface area contributed by atoms with E-state index in [-0.39, 0.29) is 11.8 Å². The van der Waals surface area contributed by atoms with Gasteiger partial charge in [-0.25, -0.2) is 0 Å². The molecular formula is C14H20N4O. The molecule has 0 fully saturated rings. The van der Waals surface area contributed by atoms with Crippen LogP contribution in [-0.2, 0) is 0 Å². The molecule has 19 heavy (non-hydrogen) atoms. The van der Waals surface area contributed by atoms with E-state index in [2.05, 4.69) is 16.0 Å². The number of amides is 1. The van der Waals surface area contributed by atoms with Gasteiger partial charge >= 0.3 is 0 Å². The van der Waals surface area contributed by atoms with Crippen molar-refractivity contribution >= 4 is 11.6 Å².